The largest absolute Gasteiger partial charge is 0.487 e. The van der Waals surface area contributed by atoms with E-state index in [9.17, 15) is 14.9 Å². The number of hydrogen-bond acceptors (Lipinski definition) is 6. The van der Waals surface area contributed by atoms with Gasteiger partial charge in [0.25, 0.3) is 0 Å². The highest BCUT2D eigenvalue weighted by molar-refractivity contribution is 9.10. The molecular weight excluding hydrogens is 330 g/mol. The topological polar surface area (TPSA) is 119 Å². The molecule has 0 unspecified atom stereocenters. The number of hydrogen-bond donors (Lipinski definition) is 1. The Bertz CT molecular complexity index is 634. The molecule has 8 heteroatoms. The van der Waals surface area contributed by atoms with Crippen LogP contribution in [0, 0.1) is 21.4 Å². The average molecular weight is 340 g/mol. The first-order valence-electron chi connectivity index (χ1n) is 5.43. The van der Waals surface area contributed by atoms with E-state index in [2.05, 4.69) is 15.9 Å². The van der Waals surface area contributed by atoms with E-state index in [-0.39, 0.29) is 33.7 Å². The number of allylic oxidation sites excluding steroid dienone is 1. The Morgan fingerprint density at radius 2 is 2.30 bits per heavy atom. The van der Waals surface area contributed by atoms with Crippen LogP contribution in [-0.2, 0) is 0 Å². The van der Waals surface area contributed by atoms with Crippen molar-refractivity contribution in [2.24, 2.45) is 5.73 Å². The summed E-state index contributed by atoms with van der Waals surface area (Å²) in [6.45, 7) is 1.92. The molecule has 0 aliphatic heterocycles. The minimum absolute atomic E-state index is 0.0293. The van der Waals surface area contributed by atoms with Crippen LogP contribution in [0.1, 0.15) is 17.3 Å². The minimum Gasteiger partial charge on any atom is -0.487 e. The summed E-state index contributed by atoms with van der Waals surface area (Å²) < 4.78 is 5.42. The molecule has 20 heavy (non-hydrogen) atoms. The molecule has 1 rings (SSSR count). The monoisotopic (exact) mass is 339 g/mol. The normalized spacial score (nSPS) is 10.8. The maximum atomic E-state index is 12.0. The van der Waals surface area contributed by atoms with Crippen LogP contribution < -0.4 is 10.5 Å². The lowest BCUT2D eigenvalue weighted by Crippen LogP contribution is -2.07. The number of rotatable bonds is 5. The minimum atomic E-state index is -0.701. The van der Waals surface area contributed by atoms with Crippen molar-refractivity contribution in [2.45, 2.75) is 6.92 Å². The van der Waals surface area contributed by atoms with E-state index in [4.69, 9.17) is 15.7 Å². The van der Waals surface area contributed by atoms with E-state index >= 15 is 0 Å². The molecule has 0 atom stereocenters. The first kappa shape index (κ1) is 15.7. The van der Waals surface area contributed by atoms with Gasteiger partial charge in [-0.2, -0.15) is 5.26 Å². The predicted molar refractivity (Wildman–Crippen MR) is 74.2 cm³/mol. The molecule has 0 heterocycles. The van der Waals surface area contributed by atoms with Crippen molar-refractivity contribution in [1.29, 1.82) is 5.26 Å². The summed E-state index contributed by atoms with van der Waals surface area (Å²) in [7, 11) is 0. The number of benzene rings is 1. The zero-order valence-electron chi connectivity index (χ0n) is 10.4. The second-order valence-corrected chi connectivity index (χ2v) is 4.37. The van der Waals surface area contributed by atoms with Crippen LogP contribution >= 0.6 is 15.9 Å². The molecule has 1 aromatic rings. The summed E-state index contributed by atoms with van der Waals surface area (Å²) in [5.74, 6) is -0.663. The van der Waals surface area contributed by atoms with Crippen molar-refractivity contribution in [2.75, 3.05) is 6.61 Å². The van der Waals surface area contributed by atoms with Crippen molar-refractivity contribution in [3.63, 3.8) is 0 Å². The van der Waals surface area contributed by atoms with Gasteiger partial charge in [-0.15, -0.1) is 0 Å². The van der Waals surface area contributed by atoms with E-state index in [1.165, 1.54) is 6.07 Å². The van der Waals surface area contributed by atoms with Gasteiger partial charge in [-0.25, -0.2) is 0 Å². The summed E-state index contributed by atoms with van der Waals surface area (Å²) in [5, 5.41) is 19.8. The Morgan fingerprint density at radius 1 is 1.65 bits per heavy atom. The first-order chi connectivity index (χ1) is 9.46. The number of Topliss-reactive ketones (excluding diaryl/α,β-unsaturated/α-hetero) is 1. The number of nitro groups is 1. The fraction of sp³-hybridized carbons (Fsp3) is 0.167. The van der Waals surface area contributed by atoms with Gasteiger partial charge in [0.2, 0.25) is 5.78 Å². The van der Waals surface area contributed by atoms with Crippen LogP contribution in [0.15, 0.2) is 28.4 Å². The fourth-order valence-corrected chi connectivity index (χ4v) is 1.94. The van der Waals surface area contributed by atoms with Gasteiger partial charge >= 0.3 is 5.69 Å². The molecule has 0 aromatic heterocycles. The van der Waals surface area contributed by atoms with Crippen LogP contribution in [0.4, 0.5) is 5.69 Å². The highest BCUT2D eigenvalue weighted by atomic mass is 79.9. The third-order valence-corrected chi connectivity index (χ3v) is 2.98. The number of ether oxygens (including phenoxy) is 1. The van der Waals surface area contributed by atoms with Crippen LogP contribution in [0.5, 0.6) is 5.75 Å². The Balaban J connectivity index is 3.44. The number of carbonyl (C=O) groups is 1. The van der Waals surface area contributed by atoms with Gasteiger partial charge in [0.05, 0.1) is 11.5 Å². The van der Waals surface area contributed by atoms with Crippen LogP contribution in [0.25, 0.3) is 0 Å². The van der Waals surface area contributed by atoms with Gasteiger partial charge in [-0.1, -0.05) is 0 Å². The fourth-order valence-electron chi connectivity index (χ4n) is 1.44. The van der Waals surface area contributed by atoms with Crippen LogP contribution in [-0.4, -0.2) is 17.3 Å². The molecule has 0 radical (unpaired) electrons. The molecule has 1 aromatic carbocycles. The smallest absolute Gasteiger partial charge is 0.311 e. The van der Waals surface area contributed by atoms with Gasteiger partial charge in [0, 0.05) is 28.4 Å². The summed E-state index contributed by atoms with van der Waals surface area (Å²) in [5.41, 5.74) is 4.48. The van der Waals surface area contributed by atoms with Gasteiger partial charge < -0.3 is 10.5 Å². The molecule has 0 bridgehead atoms. The zero-order valence-corrected chi connectivity index (χ0v) is 12.0. The number of nitrogens with two attached hydrogens (primary N) is 1. The van der Waals surface area contributed by atoms with Crippen LogP contribution in [0.3, 0.4) is 0 Å². The molecule has 104 valence electrons. The SMILES string of the molecule is CCOc1cc(Br)c(C(=O)C(C#N)=CN)cc1[N+](=O)[O-]. The predicted octanol–water partition coefficient (Wildman–Crippen LogP) is 2.30. The molecular formula is C12H10BrN3O4. The summed E-state index contributed by atoms with van der Waals surface area (Å²) in [6, 6.07) is 4.00. The molecule has 0 aliphatic rings. The number of nitro benzene ring substituents is 1. The third-order valence-electron chi connectivity index (χ3n) is 2.32. The number of nitriles is 1. The van der Waals surface area contributed by atoms with Crippen molar-refractivity contribution in [3.05, 3.63) is 44.1 Å². The Morgan fingerprint density at radius 3 is 2.75 bits per heavy atom. The Hall–Kier alpha value is -2.40. The second-order valence-electron chi connectivity index (χ2n) is 3.51. The molecule has 0 saturated heterocycles. The lowest BCUT2D eigenvalue weighted by atomic mass is 10.0. The van der Waals surface area contributed by atoms with E-state index in [1.54, 1.807) is 13.0 Å². The van der Waals surface area contributed by atoms with Gasteiger partial charge in [0.1, 0.15) is 11.6 Å². The molecule has 0 saturated carbocycles. The molecule has 0 spiro atoms. The maximum Gasteiger partial charge on any atom is 0.311 e. The van der Waals surface area contributed by atoms with E-state index < -0.39 is 10.7 Å². The van der Waals surface area contributed by atoms with Gasteiger partial charge in [0.15, 0.2) is 5.75 Å². The highest BCUT2D eigenvalue weighted by Gasteiger charge is 2.23. The van der Waals surface area contributed by atoms with Gasteiger partial charge in [-0.05, 0) is 22.9 Å². The third kappa shape index (κ3) is 3.13. The molecule has 0 aliphatic carbocycles. The molecule has 2 N–H and O–H groups in total. The quantitative estimate of drug-likeness (QED) is 0.289. The maximum absolute atomic E-state index is 12.0. The summed E-state index contributed by atoms with van der Waals surface area (Å²) in [6.07, 6.45) is 0.858. The molecule has 0 fully saturated rings. The van der Waals surface area contributed by atoms with E-state index in [0.29, 0.717) is 0 Å². The van der Waals surface area contributed by atoms with Crippen molar-refractivity contribution < 1.29 is 14.5 Å². The van der Waals surface area contributed by atoms with Crippen molar-refractivity contribution >= 4 is 27.4 Å². The Labute approximate surface area is 122 Å². The van der Waals surface area contributed by atoms with Crippen LogP contribution in [0.2, 0.25) is 0 Å². The highest BCUT2D eigenvalue weighted by Crippen LogP contribution is 2.34. The number of ketones is 1. The van der Waals surface area contributed by atoms with Gasteiger partial charge in [-0.3, -0.25) is 14.9 Å². The average Bonchev–Trinajstić information content (AvgIpc) is 2.40. The van der Waals surface area contributed by atoms with Crippen molar-refractivity contribution in [3.8, 4) is 11.8 Å². The molecule has 0 amide bonds. The Kier molecular flexibility index (Phi) is 5.23. The summed E-state index contributed by atoms with van der Waals surface area (Å²) in [4.78, 5) is 22.3. The second kappa shape index (κ2) is 6.68. The number of carbonyl (C=O) groups excluding carboxylic acids is 1. The first-order valence-corrected chi connectivity index (χ1v) is 6.23. The summed E-state index contributed by atoms with van der Waals surface area (Å²) >= 11 is 3.13. The zero-order chi connectivity index (χ0) is 15.3. The number of nitrogens with zero attached hydrogens (tertiary/aromatic N) is 2. The standard InChI is InChI=1S/C12H10BrN3O4/c1-2-20-11-4-9(13)8(3-10(11)16(18)19)12(17)7(5-14)6-15/h3-5H,2,14H2,1H3. The lowest BCUT2D eigenvalue weighted by molar-refractivity contribution is -0.385. The lowest BCUT2D eigenvalue weighted by Gasteiger charge is -2.08. The molecule has 7 nitrogen and oxygen atoms in total. The van der Waals surface area contributed by atoms with Crippen molar-refractivity contribution in [1.82, 2.24) is 0 Å². The van der Waals surface area contributed by atoms with E-state index in [0.717, 1.165) is 12.3 Å². The number of halogens is 1. The van der Waals surface area contributed by atoms with E-state index in [1.807, 2.05) is 0 Å².